The first-order chi connectivity index (χ1) is 27.6. The van der Waals surface area contributed by atoms with Crippen LogP contribution in [-0.2, 0) is 19.6 Å². The maximum atomic E-state index is 15.4. The Labute approximate surface area is 341 Å². The van der Waals surface area contributed by atoms with Crippen molar-refractivity contribution in [1.82, 2.24) is 9.24 Å². The van der Waals surface area contributed by atoms with E-state index in [2.05, 4.69) is 75.4 Å². The highest BCUT2D eigenvalue weighted by Gasteiger charge is 2.49. The number of fused-ring (bicyclic) bond motifs is 1. The van der Waals surface area contributed by atoms with Crippen LogP contribution in [0.2, 0.25) is 0 Å². The Bertz CT molecular complexity index is 2260. The topological polar surface area (TPSA) is 86.0 Å². The van der Waals surface area contributed by atoms with Gasteiger partial charge in [0.2, 0.25) is 0 Å². The van der Waals surface area contributed by atoms with Gasteiger partial charge in [0.25, 0.3) is 0 Å². The van der Waals surface area contributed by atoms with Crippen LogP contribution in [0.15, 0.2) is 127 Å². The van der Waals surface area contributed by atoms with E-state index in [1.54, 1.807) is 25.6 Å². The molecule has 57 heavy (non-hydrogen) atoms. The van der Waals surface area contributed by atoms with Crippen LogP contribution in [0, 0.1) is 11.3 Å². The SMILES string of the molecule is COc1ccc(C(OC[C@@H]2O[C@@H](n3ccc4c(-c5cccs5)cccc43)C[C@@H]2N(CCC#N)P(=O)(C(C)C)C(C)C)(c2ccccc2)c2ccc(OC)cc2)cc1. The molecule has 8 nitrogen and oxygen atoms in total. The molecule has 1 aliphatic heterocycles. The number of hydrogen-bond acceptors (Lipinski definition) is 7. The summed E-state index contributed by atoms with van der Waals surface area (Å²) in [6.45, 7) is 8.71. The summed E-state index contributed by atoms with van der Waals surface area (Å²) < 4.78 is 45.6. The zero-order valence-electron chi connectivity index (χ0n) is 33.6. The molecule has 2 aromatic heterocycles. The van der Waals surface area contributed by atoms with Gasteiger partial charge in [0.15, 0.2) is 7.29 Å². The third-order valence-electron chi connectivity index (χ3n) is 11.4. The molecule has 1 fully saturated rings. The van der Waals surface area contributed by atoms with Gasteiger partial charge in [0, 0.05) is 58.8 Å². The highest BCUT2D eigenvalue weighted by atomic mass is 32.1. The van der Waals surface area contributed by atoms with Gasteiger partial charge < -0.3 is 28.1 Å². The van der Waals surface area contributed by atoms with E-state index in [1.807, 2.05) is 94.4 Å². The molecular weight excluding hydrogens is 750 g/mol. The van der Waals surface area contributed by atoms with Crippen molar-refractivity contribution < 1.29 is 23.5 Å². The Kier molecular flexibility index (Phi) is 12.4. The molecule has 0 N–H and O–H groups in total. The molecule has 0 radical (unpaired) electrons. The lowest BCUT2D eigenvalue weighted by Crippen LogP contribution is -2.46. The summed E-state index contributed by atoms with van der Waals surface area (Å²) in [4.78, 5) is 1.21. The fourth-order valence-electron chi connectivity index (χ4n) is 8.63. The molecule has 7 rings (SSSR count). The van der Waals surface area contributed by atoms with Crippen LogP contribution in [0.1, 0.15) is 63.5 Å². The zero-order valence-corrected chi connectivity index (χ0v) is 35.3. The van der Waals surface area contributed by atoms with E-state index in [1.165, 1.54) is 10.4 Å². The Morgan fingerprint density at radius 3 is 2.04 bits per heavy atom. The lowest BCUT2D eigenvalue weighted by Gasteiger charge is -2.43. The fourth-order valence-corrected chi connectivity index (χ4v) is 12.9. The Morgan fingerprint density at radius 1 is 0.842 bits per heavy atom. The lowest BCUT2D eigenvalue weighted by atomic mass is 9.80. The number of nitrogens with zero attached hydrogens (tertiary/aromatic N) is 3. The first kappa shape index (κ1) is 40.5. The molecule has 0 amide bonds. The second-order valence-electron chi connectivity index (χ2n) is 15.1. The first-order valence-corrected chi connectivity index (χ1v) is 22.3. The molecule has 0 bridgehead atoms. The van der Waals surface area contributed by atoms with E-state index >= 15 is 4.57 Å². The van der Waals surface area contributed by atoms with Crippen LogP contribution in [0.25, 0.3) is 21.3 Å². The van der Waals surface area contributed by atoms with Crippen LogP contribution < -0.4 is 9.47 Å². The number of rotatable bonds is 16. The van der Waals surface area contributed by atoms with Crippen LogP contribution in [0.3, 0.4) is 0 Å². The monoisotopic (exact) mass is 801 g/mol. The Morgan fingerprint density at radius 2 is 1.47 bits per heavy atom. The minimum Gasteiger partial charge on any atom is -0.497 e. The second kappa shape index (κ2) is 17.4. The number of benzene rings is 4. The summed E-state index contributed by atoms with van der Waals surface area (Å²) in [5.74, 6) is 1.48. The van der Waals surface area contributed by atoms with Gasteiger partial charge in [-0.05, 0) is 64.5 Å². The quantitative estimate of drug-likeness (QED) is 0.0711. The molecule has 10 heteroatoms. The molecule has 3 atom stereocenters. The molecule has 296 valence electrons. The van der Waals surface area contributed by atoms with E-state index in [0.29, 0.717) is 13.0 Å². The fraction of sp³-hybridized carbons (Fsp3) is 0.340. The molecule has 6 aromatic rings. The predicted octanol–water partition coefficient (Wildman–Crippen LogP) is 11.4. The van der Waals surface area contributed by atoms with Crippen molar-refractivity contribution in [2.45, 2.75) is 75.8 Å². The molecule has 3 heterocycles. The van der Waals surface area contributed by atoms with E-state index in [9.17, 15) is 5.26 Å². The predicted molar refractivity (Wildman–Crippen MR) is 231 cm³/mol. The maximum absolute atomic E-state index is 15.4. The number of aromatic nitrogens is 1. The summed E-state index contributed by atoms with van der Waals surface area (Å²) in [7, 11) is 0.297. The normalized spacial score (nSPS) is 17.4. The van der Waals surface area contributed by atoms with Crippen molar-refractivity contribution in [3.05, 3.63) is 144 Å². The molecule has 0 spiro atoms. The lowest BCUT2D eigenvalue weighted by molar-refractivity contribution is -0.0833. The van der Waals surface area contributed by atoms with E-state index < -0.39 is 19.0 Å². The summed E-state index contributed by atoms with van der Waals surface area (Å²) in [5.41, 5.74) is 3.71. The van der Waals surface area contributed by atoms with Gasteiger partial charge in [0.05, 0.1) is 38.5 Å². The number of methoxy groups -OCH3 is 2. The standard InChI is InChI=1S/C47H52N3O5PS/c1-33(2)56(51,34(3)4)50(28-12-27-48)43-31-46(49-29-26-40-41(15-10-16-42(40)49)45-17-11-30-57-45)55-44(43)32-54-47(35-13-8-7-9-14-35,36-18-22-38(52-5)23-19-36)37-20-24-39(53-6)25-21-37/h7-11,13-26,29-30,33-34,43-44,46H,12,28,31-32H2,1-6H3/t43-,44-,46+/m0/s1. The third-order valence-corrected chi connectivity index (χ3v) is 16.6. The molecule has 1 saturated heterocycles. The van der Waals surface area contributed by atoms with Crippen molar-refractivity contribution in [1.29, 1.82) is 5.26 Å². The number of hydrogen-bond donors (Lipinski definition) is 0. The van der Waals surface area contributed by atoms with Crippen molar-refractivity contribution in [3.8, 4) is 28.0 Å². The van der Waals surface area contributed by atoms with Gasteiger partial charge in [-0.2, -0.15) is 5.26 Å². The van der Waals surface area contributed by atoms with Gasteiger partial charge in [-0.25, -0.2) is 4.67 Å². The van der Waals surface area contributed by atoms with Gasteiger partial charge in [-0.3, -0.25) is 0 Å². The van der Waals surface area contributed by atoms with Crippen LogP contribution in [0.5, 0.6) is 11.5 Å². The average molecular weight is 802 g/mol. The first-order valence-electron chi connectivity index (χ1n) is 19.7. The van der Waals surface area contributed by atoms with Gasteiger partial charge in [-0.1, -0.05) is 100 Å². The maximum Gasteiger partial charge on any atom is 0.155 e. The van der Waals surface area contributed by atoms with Gasteiger partial charge in [0.1, 0.15) is 23.3 Å². The van der Waals surface area contributed by atoms with Crippen molar-refractivity contribution in [2.24, 2.45) is 0 Å². The summed E-state index contributed by atoms with van der Waals surface area (Å²) >= 11 is 1.72. The molecule has 4 aromatic carbocycles. The van der Waals surface area contributed by atoms with Gasteiger partial charge in [-0.15, -0.1) is 11.3 Å². The largest absolute Gasteiger partial charge is 0.497 e. The Hall–Kier alpha value is -4.68. The van der Waals surface area contributed by atoms with E-state index in [0.717, 1.165) is 39.1 Å². The number of ether oxygens (including phenoxy) is 4. The highest BCUT2D eigenvalue weighted by molar-refractivity contribution is 7.62. The third kappa shape index (κ3) is 7.70. The van der Waals surface area contributed by atoms with E-state index in [-0.39, 0.29) is 36.6 Å². The Balaban J connectivity index is 1.36. The minimum absolute atomic E-state index is 0.125. The molecule has 0 unspecified atom stereocenters. The van der Waals surface area contributed by atoms with Crippen molar-refractivity contribution in [2.75, 3.05) is 27.4 Å². The molecule has 0 saturated carbocycles. The molecule has 0 aliphatic carbocycles. The van der Waals surface area contributed by atoms with Crippen molar-refractivity contribution in [3.63, 3.8) is 0 Å². The molecule has 1 aliphatic rings. The van der Waals surface area contributed by atoms with Crippen molar-refractivity contribution >= 4 is 29.5 Å². The van der Waals surface area contributed by atoms with Crippen LogP contribution in [0.4, 0.5) is 0 Å². The summed E-state index contributed by atoms with van der Waals surface area (Å²) in [6, 6.07) is 41.1. The average Bonchev–Trinajstić information content (AvgIpc) is 4.03. The second-order valence-corrected chi connectivity index (χ2v) is 20.0. The highest BCUT2D eigenvalue weighted by Crippen LogP contribution is 2.61. The van der Waals surface area contributed by atoms with Crippen LogP contribution in [-0.4, -0.2) is 60.1 Å². The number of nitriles is 1. The molecular formula is C47H52N3O5PS. The summed E-state index contributed by atoms with van der Waals surface area (Å²) in [6.07, 6.45) is 2.06. The van der Waals surface area contributed by atoms with Gasteiger partial charge >= 0.3 is 0 Å². The summed E-state index contributed by atoms with van der Waals surface area (Å²) in [5, 5.41) is 13.2. The van der Waals surface area contributed by atoms with E-state index in [4.69, 9.17) is 18.9 Å². The van der Waals surface area contributed by atoms with Crippen LogP contribution >= 0.6 is 18.6 Å². The zero-order chi connectivity index (χ0) is 40.2. The minimum atomic E-state index is -3.03. The smallest absolute Gasteiger partial charge is 0.155 e. The number of thiophene rings is 1.